The maximum absolute atomic E-state index is 3.73. The standard InChI is InChI=1S/C10H12BN/c1-4-9-7-12(6-3)8-10(5-2)11-9/h4-8,11H,1-3H2. The summed E-state index contributed by atoms with van der Waals surface area (Å²) in [6.45, 7) is 11.2. The van der Waals surface area contributed by atoms with Crippen molar-refractivity contribution < 1.29 is 0 Å². The summed E-state index contributed by atoms with van der Waals surface area (Å²) in [4.78, 5) is 1.91. The van der Waals surface area contributed by atoms with Gasteiger partial charge in [0.1, 0.15) is 0 Å². The Morgan fingerprint density at radius 2 is 1.58 bits per heavy atom. The molecule has 0 aromatic carbocycles. The van der Waals surface area contributed by atoms with Crippen LogP contribution in [0.3, 0.4) is 0 Å². The van der Waals surface area contributed by atoms with Gasteiger partial charge in [-0.2, -0.15) is 0 Å². The van der Waals surface area contributed by atoms with Crippen LogP contribution in [-0.2, 0) is 0 Å². The van der Waals surface area contributed by atoms with Crippen LogP contribution in [0.5, 0.6) is 0 Å². The molecule has 0 aromatic rings. The summed E-state index contributed by atoms with van der Waals surface area (Å²) in [5.74, 6) is 0. The van der Waals surface area contributed by atoms with Gasteiger partial charge in [-0.15, -0.1) is 0 Å². The molecule has 0 bridgehead atoms. The lowest BCUT2D eigenvalue weighted by Gasteiger charge is -2.18. The molecule has 1 aliphatic rings. The van der Waals surface area contributed by atoms with Crippen molar-refractivity contribution >= 4 is 7.28 Å². The Bertz CT molecular complexity index is 250. The molecule has 0 atom stereocenters. The van der Waals surface area contributed by atoms with Gasteiger partial charge in [0.2, 0.25) is 0 Å². The molecule has 60 valence electrons. The zero-order valence-electron chi connectivity index (χ0n) is 7.16. The molecule has 2 heteroatoms. The average Bonchev–Trinajstić information content (AvgIpc) is 2.16. The van der Waals surface area contributed by atoms with Gasteiger partial charge in [0.05, 0.1) is 0 Å². The van der Waals surface area contributed by atoms with E-state index >= 15 is 0 Å². The summed E-state index contributed by atoms with van der Waals surface area (Å²) >= 11 is 0. The van der Waals surface area contributed by atoms with Crippen molar-refractivity contribution in [2.75, 3.05) is 0 Å². The van der Waals surface area contributed by atoms with E-state index in [0.717, 1.165) is 7.28 Å². The molecule has 1 aliphatic heterocycles. The normalized spacial score (nSPS) is 15.5. The van der Waals surface area contributed by atoms with Crippen molar-refractivity contribution in [1.29, 1.82) is 0 Å². The van der Waals surface area contributed by atoms with E-state index in [9.17, 15) is 0 Å². The zero-order chi connectivity index (χ0) is 8.97. The van der Waals surface area contributed by atoms with Gasteiger partial charge >= 0.3 is 0 Å². The highest BCUT2D eigenvalue weighted by atomic mass is 15.1. The van der Waals surface area contributed by atoms with Gasteiger partial charge in [0.25, 0.3) is 0 Å². The third-order valence-electron chi connectivity index (χ3n) is 1.77. The Balaban J connectivity index is 2.87. The quantitative estimate of drug-likeness (QED) is 0.565. The van der Waals surface area contributed by atoms with E-state index in [4.69, 9.17) is 0 Å². The van der Waals surface area contributed by atoms with Gasteiger partial charge in [-0.3, -0.25) is 0 Å². The first-order valence-electron chi connectivity index (χ1n) is 3.86. The maximum Gasteiger partial charge on any atom is 0.196 e. The van der Waals surface area contributed by atoms with E-state index in [0.29, 0.717) is 0 Å². The van der Waals surface area contributed by atoms with Crippen LogP contribution < -0.4 is 0 Å². The minimum atomic E-state index is 0.914. The van der Waals surface area contributed by atoms with Gasteiger partial charge in [-0.05, 0) is 0 Å². The summed E-state index contributed by atoms with van der Waals surface area (Å²) < 4.78 is 0. The molecule has 0 spiro atoms. The molecule has 12 heavy (non-hydrogen) atoms. The van der Waals surface area contributed by atoms with Gasteiger partial charge in [0.15, 0.2) is 7.28 Å². The second-order valence-corrected chi connectivity index (χ2v) is 2.62. The molecule has 0 radical (unpaired) electrons. The fraction of sp³-hybridized carbons (Fsp3) is 0. The molecule has 1 rings (SSSR count). The maximum atomic E-state index is 3.73. The van der Waals surface area contributed by atoms with Crippen molar-refractivity contribution in [3.8, 4) is 0 Å². The highest BCUT2D eigenvalue weighted by Gasteiger charge is 2.06. The summed E-state index contributed by atoms with van der Waals surface area (Å²) in [7, 11) is 0.914. The lowest BCUT2D eigenvalue weighted by atomic mass is 9.62. The van der Waals surface area contributed by atoms with Crippen LogP contribution in [0.15, 0.2) is 61.4 Å². The first-order valence-corrected chi connectivity index (χ1v) is 3.86. The van der Waals surface area contributed by atoms with Crippen LogP contribution in [-0.4, -0.2) is 12.2 Å². The number of allylic oxidation sites excluding steroid dienone is 4. The number of hydrogen-bond acceptors (Lipinski definition) is 1. The van der Waals surface area contributed by atoms with E-state index in [-0.39, 0.29) is 0 Å². The van der Waals surface area contributed by atoms with Crippen LogP contribution >= 0.6 is 0 Å². The number of nitrogens with zero attached hydrogens (tertiary/aromatic N) is 1. The molecular formula is C10H12BN. The fourth-order valence-electron chi connectivity index (χ4n) is 1.10. The van der Waals surface area contributed by atoms with Crippen molar-refractivity contribution in [1.82, 2.24) is 4.90 Å². The molecule has 0 fully saturated rings. The first kappa shape index (κ1) is 8.66. The lowest BCUT2D eigenvalue weighted by molar-refractivity contribution is 0.688. The summed E-state index contributed by atoms with van der Waals surface area (Å²) in [5, 5.41) is 0. The van der Waals surface area contributed by atoms with E-state index in [1.54, 1.807) is 6.20 Å². The lowest BCUT2D eigenvalue weighted by Crippen LogP contribution is -2.12. The highest BCUT2D eigenvalue weighted by Crippen LogP contribution is 2.12. The molecule has 0 aliphatic carbocycles. The van der Waals surface area contributed by atoms with Crippen LogP contribution in [0.4, 0.5) is 0 Å². The first-order chi connectivity index (χ1) is 5.80. The SMILES string of the molecule is C=CC1=CN(C=C)C=C(C=C)B1. The van der Waals surface area contributed by atoms with Crippen molar-refractivity contribution in [2.24, 2.45) is 0 Å². The fourth-order valence-corrected chi connectivity index (χ4v) is 1.10. The number of rotatable bonds is 3. The molecule has 0 aromatic heterocycles. The molecular weight excluding hydrogens is 145 g/mol. The Labute approximate surface area is 74.3 Å². The van der Waals surface area contributed by atoms with E-state index < -0.39 is 0 Å². The summed E-state index contributed by atoms with van der Waals surface area (Å²) in [6, 6.07) is 0. The van der Waals surface area contributed by atoms with Crippen LogP contribution in [0.1, 0.15) is 0 Å². The minimum absolute atomic E-state index is 0.914. The smallest absolute Gasteiger partial charge is 0.196 e. The van der Waals surface area contributed by atoms with E-state index in [1.165, 1.54) is 10.9 Å². The molecule has 0 unspecified atom stereocenters. The van der Waals surface area contributed by atoms with Crippen molar-refractivity contribution in [3.63, 3.8) is 0 Å². The highest BCUT2D eigenvalue weighted by molar-refractivity contribution is 6.56. The third kappa shape index (κ3) is 1.79. The second-order valence-electron chi connectivity index (χ2n) is 2.62. The predicted molar refractivity (Wildman–Crippen MR) is 55.7 cm³/mol. The monoisotopic (exact) mass is 157 g/mol. The molecule has 0 saturated carbocycles. The Hall–Kier alpha value is -1.44. The molecule has 1 nitrogen and oxygen atoms in total. The van der Waals surface area contributed by atoms with Crippen LogP contribution in [0, 0.1) is 0 Å². The third-order valence-corrected chi connectivity index (χ3v) is 1.77. The molecule has 0 amide bonds. The van der Waals surface area contributed by atoms with Crippen LogP contribution in [0.25, 0.3) is 0 Å². The zero-order valence-corrected chi connectivity index (χ0v) is 7.16. The molecule has 1 heterocycles. The average molecular weight is 157 g/mol. The Kier molecular flexibility index (Phi) is 2.75. The Morgan fingerprint density at radius 3 is 1.92 bits per heavy atom. The Morgan fingerprint density at radius 1 is 1.08 bits per heavy atom. The topological polar surface area (TPSA) is 3.24 Å². The van der Waals surface area contributed by atoms with Gasteiger partial charge in [-0.25, -0.2) is 0 Å². The van der Waals surface area contributed by atoms with Crippen molar-refractivity contribution in [3.05, 3.63) is 61.4 Å². The summed E-state index contributed by atoms with van der Waals surface area (Å²) in [6.07, 6.45) is 9.48. The van der Waals surface area contributed by atoms with E-state index in [1.807, 2.05) is 29.5 Å². The largest absolute Gasteiger partial charge is 0.332 e. The van der Waals surface area contributed by atoms with Crippen LogP contribution in [0.2, 0.25) is 0 Å². The minimum Gasteiger partial charge on any atom is -0.332 e. The molecule has 0 N–H and O–H groups in total. The van der Waals surface area contributed by atoms with Gasteiger partial charge in [-0.1, -0.05) is 42.8 Å². The predicted octanol–water partition coefficient (Wildman–Crippen LogP) is 1.94. The second kappa shape index (κ2) is 3.81. The molecule has 0 saturated heterocycles. The number of hydrogen-bond donors (Lipinski definition) is 0. The van der Waals surface area contributed by atoms with E-state index in [2.05, 4.69) is 19.7 Å². The van der Waals surface area contributed by atoms with Gasteiger partial charge < -0.3 is 4.90 Å². The van der Waals surface area contributed by atoms with Gasteiger partial charge in [0, 0.05) is 18.6 Å². The summed E-state index contributed by atoms with van der Waals surface area (Å²) in [5.41, 5.74) is 2.37. The van der Waals surface area contributed by atoms with Crippen molar-refractivity contribution in [2.45, 2.75) is 0 Å².